The Morgan fingerprint density at radius 1 is 0.929 bits per heavy atom. The Morgan fingerprint density at radius 3 is 2.31 bits per heavy atom. The molecule has 9 heteroatoms. The molecule has 0 radical (unpaired) electrons. The molecular formula is C33H36Cl2N4O3. The molecule has 2 N–H and O–H groups in total. The minimum atomic E-state index is -0.346. The van der Waals surface area contributed by atoms with Gasteiger partial charge in [-0.05, 0) is 50.0 Å². The van der Waals surface area contributed by atoms with Gasteiger partial charge in [-0.15, -0.1) is 0 Å². The molecule has 3 aromatic carbocycles. The van der Waals surface area contributed by atoms with E-state index in [0.717, 1.165) is 46.7 Å². The van der Waals surface area contributed by atoms with Gasteiger partial charge in [-0.1, -0.05) is 78.7 Å². The lowest BCUT2D eigenvalue weighted by molar-refractivity contribution is 0.102. The van der Waals surface area contributed by atoms with Gasteiger partial charge in [0.15, 0.2) is 0 Å². The quantitative estimate of drug-likeness (QED) is 0.183. The summed E-state index contributed by atoms with van der Waals surface area (Å²) in [4.78, 5) is 21.5. The Hall–Kier alpha value is -3.46. The Labute approximate surface area is 257 Å². The van der Waals surface area contributed by atoms with E-state index in [1.807, 2.05) is 73.6 Å². The molecule has 42 heavy (non-hydrogen) atoms. The van der Waals surface area contributed by atoms with Crippen LogP contribution in [0.3, 0.4) is 0 Å². The van der Waals surface area contributed by atoms with E-state index in [4.69, 9.17) is 27.9 Å². The molecule has 0 aliphatic carbocycles. The van der Waals surface area contributed by atoms with Crippen molar-refractivity contribution in [3.05, 3.63) is 99.8 Å². The molecule has 4 rings (SSSR count). The van der Waals surface area contributed by atoms with Gasteiger partial charge in [-0.25, -0.2) is 0 Å². The number of benzene rings is 3. The molecule has 0 bridgehead atoms. The first-order valence-electron chi connectivity index (χ1n) is 13.7. The lowest BCUT2D eigenvalue weighted by Gasteiger charge is -2.18. The zero-order valence-corrected chi connectivity index (χ0v) is 25.8. The predicted molar refractivity (Wildman–Crippen MR) is 172 cm³/mol. The first kappa shape index (κ1) is 31.5. The SMILES string of the molecule is CCN(C)Cc1ccc(C(=O)Nc2cccc(-c3cccc(-c4ccc(CN(C)CCO)c(OC)c4)c3Cl)c2Cl)nc1. The summed E-state index contributed by atoms with van der Waals surface area (Å²) in [7, 11) is 5.62. The Kier molecular flexibility index (Phi) is 11.0. The average molecular weight is 608 g/mol. The molecule has 4 aromatic rings. The third kappa shape index (κ3) is 7.48. The molecule has 1 heterocycles. The van der Waals surface area contributed by atoms with Crippen molar-refractivity contribution in [2.45, 2.75) is 20.0 Å². The van der Waals surface area contributed by atoms with Crippen LogP contribution in [0.2, 0.25) is 10.0 Å². The van der Waals surface area contributed by atoms with Crippen LogP contribution < -0.4 is 10.1 Å². The van der Waals surface area contributed by atoms with Gasteiger partial charge in [-0.3, -0.25) is 14.7 Å². The molecule has 220 valence electrons. The van der Waals surface area contributed by atoms with Gasteiger partial charge in [0.1, 0.15) is 11.4 Å². The lowest BCUT2D eigenvalue weighted by atomic mass is 9.97. The maximum absolute atomic E-state index is 13.0. The normalized spacial score (nSPS) is 11.3. The third-order valence-electron chi connectivity index (χ3n) is 7.11. The number of anilines is 1. The van der Waals surface area contributed by atoms with Crippen LogP contribution >= 0.6 is 23.2 Å². The second-order valence-electron chi connectivity index (χ2n) is 10.2. The number of ether oxygens (including phenoxy) is 1. The van der Waals surface area contributed by atoms with Crippen molar-refractivity contribution < 1.29 is 14.6 Å². The van der Waals surface area contributed by atoms with Crippen molar-refractivity contribution >= 4 is 34.8 Å². The van der Waals surface area contributed by atoms with E-state index in [1.165, 1.54) is 0 Å². The van der Waals surface area contributed by atoms with E-state index in [1.54, 1.807) is 25.4 Å². The minimum Gasteiger partial charge on any atom is -0.496 e. The van der Waals surface area contributed by atoms with Gasteiger partial charge in [0.25, 0.3) is 5.91 Å². The van der Waals surface area contributed by atoms with Crippen LogP contribution in [0.15, 0.2) is 72.9 Å². The standard InChI is InChI=1S/C33H36Cl2N4O3/c1-5-38(2)20-22-12-15-29(36-19-22)33(41)37-28-11-7-10-27(32(28)35)26-9-6-8-25(31(26)34)23-13-14-24(30(18-23)42-4)21-39(3)16-17-40/h6-15,18-19,40H,5,16-17,20-21H2,1-4H3,(H,37,41). The zero-order valence-electron chi connectivity index (χ0n) is 24.3. The highest BCUT2D eigenvalue weighted by Gasteiger charge is 2.18. The highest BCUT2D eigenvalue weighted by molar-refractivity contribution is 6.39. The molecule has 0 saturated heterocycles. The summed E-state index contributed by atoms with van der Waals surface area (Å²) in [5.41, 5.74) is 5.97. The number of carbonyl (C=O) groups is 1. The van der Waals surface area contributed by atoms with Crippen molar-refractivity contribution in [2.75, 3.05) is 46.2 Å². The van der Waals surface area contributed by atoms with Gasteiger partial charge < -0.3 is 20.1 Å². The molecule has 0 aliphatic heterocycles. The van der Waals surface area contributed by atoms with E-state index in [2.05, 4.69) is 22.1 Å². The number of pyridine rings is 1. The molecule has 0 fully saturated rings. The molecule has 1 amide bonds. The van der Waals surface area contributed by atoms with Crippen molar-refractivity contribution in [2.24, 2.45) is 0 Å². The Bertz CT molecular complexity index is 1530. The van der Waals surface area contributed by atoms with Crippen LogP contribution in [0.25, 0.3) is 22.3 Å². The van der Waals surface area contributed by atoms with Crippen LogP contribution in [0.5, 0.6) is 5.75 Å². The van der Waals surface area contributed by atoms with Gasteiger partial charge in [0.05, 0.1) is 29.4 Å². The number of halogens is 2. The van der Waals surface area contributed by atoms with Crippen molar-refractivity contribution in [3.63, 3.8) is 0 Å². The molecule has 0 saturated carbocycles. The molecule has 0 atom stereocenters. The summed E-state index contributed by atoms with van der Waals surface area (Å²) in [6.07, 6.45) is 1.72. The number of amides is 1. The molecule has 0 spiro atoms. The summed E-state index contributed by atoms with van der Waals surface area (Å²) in [6, 6.07) is 20.8. The third-order valence-corrected chi connectivity index (χ3v) is 7.92. The maximum atomic E-state index is 13.0. The Morgan fingerprint density at radius 2 is 1.64 bits per heavy atom. The number of nitrogens with one attached hydrogen (secondary N) is 1. The molecular weight excluding hydrogens is 571 g/mol. The molecule has 1 aromatic heterocycles. The smallest absolute Gasteiger partial charge is 0.274 e. The van der Waals surface area contributed by atoms with E-state index in [-0.39, 0.29) is 12.5 Å². The van der Waals surface area contributed by atoms with Gasteiger partial charge in [0, 0.05) is 48.1 Å². The van der Waals surface area contributed by atoms with Gasteiger partial charge >= 0.3 is 0 Å². The number of rotatable bonds is 12. The van der Waals surface area contributed by atoms with E-state index < -0.39 is 0 Å². The number of nitrogens with zero attached hydrogens (tertiary/aromatic N) is 3. The van der Waals surface area contributed by atoms with E-state index >= 15 is 0 Å². The second-order valence-corrected chi connectivity index (χ2v) is 10.9. The highest BCUT2D eigenvalue weighted by atomic mass is 35.5. The second kappa shape index (κ2) is 14.6. The van der Waals surface area contributed by atoms with E-state index in [0.29, 0.717) is 40.1 Å². The van der Waals surface area contributed by atoms with Gasteiger partial charge in [0.2, 0.25) is 0 Å². The van der Waals surface area contributed by atoms with Crippen molar-refractivity contribution in [1.29, 1.82) is 0 Å². The molecule has 0 aliphatic rings. The first-order valence-corrected chi connectivity index (χ1v) is 14.5. The Balaban J connectivity index is 1.59. The van der Waals surface area contributed by atoms with E-state index in [9.17, 15) is 9.90 Å². The molecule has 0 unspecified atom stereocenters. The zero-order chi connectivity index (χ0) is 30.2. The number of aliphatic hydroxyl groups is 1. The summed E-state index contributed by atoms with van der Waals surface area (Å²) >= 11 is 13.8. The number of methoxy groups -OCH3 is 1. The minimum absolute atomic E-state index is 0.0911. The highest BCUT2D eigenvalue weighted by Crippen LogP contribution is 2.42. The van der Waals surface area contributed by atoms with Crippen molar-refractivity contribution in [3.8, 4) is 28.0 Å². The lowest BCUT2D eigenvalue weighted by Crippen LogP contribution is -2.21. The van der Waals surface area contributed by atoms with Crippen LogP contribution in [-0.4, -0.2) is 66.7 Å². The number of likely N-dealkylation sites (N-methyl/N-ethyl adjacent to an activating group) is 1. The number of hydrogen-bond donors (Lipinski definition) is 2. The van der Waals surface area contributed by atoms with Crippen LogP contribution in [-0.2, 0) is 13.1 Å². The number of hydrogen-bond acceptors (Lipinski definition) is 6. The van der Waals surface area contributed by atoms with Crippen LogP contribution in [0, 0.1) is 0 Å². The van der Waals surface area contributed by atoms with Gasteiger partial charge in [-0.2, -0.15) is 0 Å². The number of aliphatic hydroxyl groups excluding tert-OH is 1. The first-order chi connectivity index (χ1) is 20.2. The predicted octanol–water partition coefficient (Wildman–Crippen LogP) is 6.86. The summed E-state index contributed by atoms with van der Waals surface area (Å²) in [5, 5.41) is 13.0. The fraction of sp³-hybridized carbons (Fsp3) is 0.273. The van der Waals surface area contributed by atoms with Crippen LogP contribution in [0.4, 0.5) is 5.69 Å². The van der Waals surface area contributed by atoms with Crippen LogP contribution in [0.1, 0.15) is 28.5 Å². The average Bonchev–Trinajstić information content (AvgIpc) is 2.99. The monoisotopic (exact) mass is 606 g/mol. The topological polar surface area (TPSA) is 77.9 Å². The fourth-order valence-corrected chi connectivity index (χ4v) is 5.26. The number of aromatic nitrogens is 1. The largest absolute Gasteiger partial charge is 0.496 e. The number of carbonyl (C=O) groups excluding carboxylic acids is 1. The summed E-state index contributed by atoms with van der Waals surface area (Å²) in [6.45, 7) is 5.08. The summed E-state index contributed by atoms with van der Waals surface area (Å²) < 4.78 is 5.68. The fourth-order valence-electron chi connectivity index (χ4n) is 4.64. The van der Waals surface area contributed by atoms with Crippen molar-refractivity contribution in [1.82, 2.24) is 14.8 Å². The maximum Gasteiger partial charge on any atom is 0.274 e. The molecule has 7 nitrogen and oxygen atoms in total. The summed E-state index contributed by atoms with van der Waals surface area (Å²) in [5.74, 6) is 0.390.